The lowest BCUT2D eigenvalue weighted by molar-refractivity contribution is 0.180. The zero-order valence-electron chi connectivity index (χ0n) is 19.4. The van der Waals surface area contributed by atoms with Gasteiger partial charge in [0.25, 0.3) is 0 Å². The lowest BCUT2D eigenvalue weighted by Crippen LogP contribution is -2.49. The molecule has 0 N–H and O–H groups in total. The molecule has 2 aromatic rings. The number of hydrogen-bond acceptors (Lipinski definition) is 6. The maximum absolute atomic E-state index is 12.5. The van der Waals surface area contributed by atoms with Crippen molar-refractivity contribution in [2.45, 2.75) is 52.1 Å². The van der Waals surface area contributed by atoms with E-state index in [-0.39, 0.29) is 5.75 Å². The number of nitrogens with zero attached hydrogens (tertiary/aromatic N) is 4. The summed E-state index contributed by atoms with van der Waals surface area (Å²) in [5.41, 5.74) is 4.48. The van der Waals surface area contributed by atoms with E-state index in [4.69, 9.17) is 14.7 Å². The number of anilines is 1. The number of methoxy groups -OCH3 is 1. The number of ether oxygens (including phenoxy) is 1. The molecule has 0 radical (unpaired) electrons. The molecule has 1 aliphatic carbocycles. The van der Waals surface area contributed by atoms with Crippen LogP contribution < -0.4 is 4.90 Å². The molecule has 2 heterocycles. The lowest BCUT2D eigenvalue weighted by atomic mass is 10.0. The SMILES string of the molecule is CCCS(=O)(=O)N1CCN(c2nc(C3CC3)nc(COC)c2Cc2cccc(C)c2)CC1. The standard InChI is InChI=1S/C24H34N4O3S/c1-4-14-32(29,30)28-12-10-27(11-13-28)24-21(16-19-7-5-6-18(2)15-19)22(17-31-3)25-23(26-24)20-8-9-20/h5-7,15,20H,4,8-14,16-17H2,1-3H3. The van der Waals surface area contributed by atoms with Crippen LogP contribution in [0.2, 0.25) is 0 Å². The summed E-state index contributed by atoms with van der Waals surface area (Å²) in [5.74, 6) is 2.50. The van der Waals surface area contributed by atoms with E-state index in [0.29, 0.717) is 45.1 Å². The van der Waals surface area contributed by atoms with Crippen molar-refractivity contribution in [3.8, 4) is 0 Å². The van der Waals surface area contributed by atoms with Gasteiger partial charge in [-0.2, -0.15) is 4.31 Å². The average Bonchev–Trinajstić information content (AvgIpc) is 3.61. The zero-order chi connectivity index (χ0) is 22.7. The van der Waals surface area contributed by atoms with Gasteiger partial charge in [0.15, 0.2) is 0 Å². The Kier molecular flexibility index (Phi) is 7.12. The largest absolute Gasteiger partial charge is 0.378 e. The van der Waals surface area contributed by atoms with Gasteiger partial charge in [0.1, 0.15) is 11.6 Å². The smallest absolute Gasteiger partial charge is 0.214 e. The molecule has 1 aliphatic heterocycles. The van der Waals surface area contributed by atoms with Crippen LogP contribution in [0.3, 0.4) is 0 Å². The van der Waals surface area contributed by atoms with Crippen LogP contribution in [-0.4, -0.2) is 61.7 Å². The van der Waals surface area contributed by atoms with Crippen LogP contribution in [0, 0.1) is 6.92 Å². The fraction of sp³-hybridized carbons (Fsp3) is 0.583. The third kappa shape index (κ3) is 5.30. The first-order valence-electron chi connectivity index (χ1n) is 11.6. The summed E-state index contributed by atoms with van der Waals surface area (Å²) in [7, 11) is -1.48. The fourth-order valence-electron chi connectivity index (χ4n) is 4.35. The maximum Gasteiger partial charge on any atom is 0.214 e. The molecule has 2 fully saturated rings. The van der Waals surface area contributed by atoms with Gasteiger partial charge in [-0.25, -0.2) is 18.4 Å². The molecule has 1 aromatic heterocycles. The van der Waals surface area contributed by atoms with Gasteiger partial charge in [-0.3, -0.25) is 0 Å². The first kappa shape index (κ1) is 23.1. The Hall–Kier alpha value is -2.03. The van der Waals surface area contributed by atoms with Gasteiger partial charge in [-0.15, -0.1) is 0 Å². The third-order valence-corrected chi connectivity index (χ3v) is 8.24. The van der Waals surface area contributed by atoms with Gasteiger partial charge in [0.2, 0.25) is 10.0 Å². The van der Waals surface area contributed by atoms with Crippen LogP contribution in [-0.2, 0) is 27.8 Å². The third-order valence-electron chi connectivity index (χ3n) is 6.17. The Bertz CT molecular complexity index is 1050. The highest BCUT2D eigenvalue weighted by atomic mass is 32.2. The van der Waals surface area contributed by atoms with Gasteiger partial charge in [0, 0.05) is 51.2 Å². The second-order valence-corrected chi connectivity index (χ2v) is 11.0. The van der Waals surface area contributed by atoms with Crippen molar-refractivity contribution in [1.29, 1.82) is 0 Å². The molecule has 0 atom stereocenters. The summed E-state index contributed by atoms with van der Waals surface area (Å²) in [6, 6.07) is 8.52. The van der Waals surface area contributed by atoms with Crippen LogP contribution in [0.4, 0.5) is 5.82 Å². The number of rotatable bonds is 9. The van der Waals surface area contributed by atoms with E-state index < -0.39 is 10.0 Å². The molecule has 0 spiro atoms. The minimum absolute atomic E-state index is 0.211. The fourth-order valence-corrected chi connectivity index (χ4v) is 5.84. The monoisotopic (exact) mass is 458 g/mol. The van der Waals surface area contributed by atoms with Crippen LogP contribution >= 0.6 is 0 Å². The topological polar surface area (TPSA) is 75.6 Å². The number of hydrogen-bond donors (Lipinski definition) is 0. The Morgan fingerprint density at radius 1 is 1.12 bits per heavy atom. The predicted octanol–water partition coefficient (Wildman–Crippen LogP) is 3.26. The predicted molar refractivity (Wildman–Crippen MR) is 127 cm³/mol. The summed E-state index contributed by atoms with van der Waals surface area (Å²) in [6.45, 7) is 6.71. The molecule has 32 heavy (non-hydrogen) atoms. The molecule has 7 nitrogen and oxygen atoms in total. The van der Waals surface area contributed by atoms with E-state index >= 15 is 0 Å². The van der Waals surface area contributed by atoms with Crippen molar-refractivity contribution in [2.24, 2.45) is 0 Å². The van der Waals surface area contributed by atoms with E-state index in [9.17, 15) is 8.42 Å². The summed E-state index contributed by atoms with van der Waals surface area (Å²) >= 11 is 0. The van der Waals surface area contributed by atoms with Crippen molar-refractivity contribution >= 4 is 15.8 Å². The summed E-state index contributed by atoms with van der Waals surface area (Å²) in [4.78, 5) is 12.2. The summed E-state index contributed by atoms with van der Waals surface area (Å²) in [6.07, 6.45) is 3.63. The second-order valence-electron chi connectivity index (χ2n) is 8.91. The number of piperazine rings is 1. The number of benzene rings is 1. The van der Waals surface area contributed by atoms with Gasteiger partial charge >= 0.3 is 0 Å². The molecule has 0 amide bonds. The van der Waals surface area contributed by atoms with Crippen molar-refractivity contribution in [3.05, 3.63) is 52.5 Å². The van der Waals surface area contributed by atoms with Gasteiger partial charge in [0.05, 0.1) is 18.1 Å². The molecule has 0 bridgehead atoms. The normalized spacial score (nSPS) is 17.7. The van der Waals surface area contributed by atoms with Crippen LogP contribution in [0.5, 0.6) is 0 Å². The first-order valence-corrected chi connectivity index (χ1v) is 13.2. The van der Waals surface area contributed by atoms with E-state index in [0.717, 1.165) is 42.2 Å². The molecule has 8 heteroatoms. The Morgan fingerprint density at radius 2 is 1.88 bits per heavy atom. The number of aromatic nitrogens is 2. The van der Waals surface area contributed by atoms with E-state index in [1.165, 1.54) is 11.1 Å². The van der Waals surface area contributed by atoms with Crippen molar-refractivity contribution < 1.29 is 13.2 Å². The Balaban J connectivity index is 1.66. The molecule has 1 aromatic carbocycles. The summed E-state index contributed by atoms with van der Waals surface area (Å²) < 4.78 is 32.2. The number of aryl methyl sites for hydroxylation is 1. The van der Waals surface area contributed by atoms with Crippen molar-refractivity contribution in [2.75, 3.05) is 43.9 Å². The Labute approximate surface area is 191 Å². The molecule has 2 aliphatic rings. The second kappa shape index (κ2) is 9.85. The minimum atomic E-state index is -3.18. The molecular formula is C24H34N4O3S. The van der Waals surface area contributed by atoms with Gasteiger partial charge < -0.3 is 9.64 Å². The highest BCUT2D eigenvalue weighted by Crippen LogP contribution is 2.40. The highest BCUT2D eigenvalue weighted by Gasteiger charge is 2.32. The first-order chi connectivity index (χ1) is 15.4. The highest BCUT2D eigenvalue weighted by molar-refractivity contribution is 7.89. The van der Waals surface area contributed by atoms with Crippen LogP contribution in [0.15, 0.2) is 24.3 Å². The minimum Gasteiger partial charge on any atom is -0.378 e. The van der Waals surface area contributed by atoms with Gasteiger partial charge in [-0.05, 0) is 31.7 Å². The molecule has 1 saturated heterocycles. The van der Waals surface area contributed by atoms with Crippen molar-refractivity contribution in [3.63, 3.8) is 0 Å². The van der Waals surface area contributed by atoms with E-state index in [2.05, 4.69) is 36.1 Å². The molecule has 1 saturated carbocycles. The zero-order valence-corrected chi connectivity index (χ0v) is 20.2. The summed E-state index contributed by atoms with van der Waals surface area (Å²) in [5, 5.41) is 0. The van der Waals surface area contributed by atoms with Crippen molar-refractivity contribution in [1.82, 2.24) is 14.3 Å². The molecular weight excluding hydrogens is 424 g/mol. The molecule has 0 unspecified atom stereocenters. The van der Waals surface area contributed by atoms with Crippen LogP contribution in [0.25, 0.3) is 0 Å². The number of sulfonamides is 1. The Morgan fingerprint density at radius 3 is 2.50 bits per heavy atom. The van der Waals surface area contributed by atoms with E-state index in [1.807, 2.05) is 6.92 Å². The quantitative estimate of drug-likeness (QED) is 0.574. The van der Waals surface area contributed by atoms with Gasteiger partial charge in [-0.1, -0.05) is 36.8 Å². The maximum atomic E-state index is 12.5. The molecule has 4 rings (SSSR count). The average molecular weight is 459 g/mol. The lowest BCUT2D eigenvalue weighted by Gasteiger charge is -2.36. The molecule has 174 valence electrons. The van der Waals surface area contributed by atoms with Crippen LogP contribution in [0.1, 0.15) is 60.3 Å². The van der Waals surface area contributed by atoms with E-state index in [1.54, 1.807) is 11.4 Å².